The number of imidazole rings is 1. The average Bonchev–Trinajstić information content (AvgIpc) is 3.38. The largest absolute Gasteiger partial charge is 0.573 e. The zero-order chi connectivity index (χ0) is 31.3. The lowest BCUT2D eigenvalue weighted by molar-refractivity contribution is -0.389. The molecule has 5 rings (SSSR count). The fraction of sp³-hybridized carbons (Fsp3) is 0.387. The number of aryl methyl sites for hydroxylation is 2. The van der Waals surface area contributed by atoms with Gasteiger partial charge in [0.05, 0.1) is 6.10 Å². The predicted octanol–water partition coefficient (Wildman–Crippen LogP) is 7.18. The number of hydrogen-bond acceptors (Lipinski definition) is 7. The van der Waals surface area contributed by atoms with Gasteiger partial charge in [-0.15, -0.1) is 13.2 Å². The maximum atomic E-state index is 12.4. The molecule has 1 N–H and O–H groups in total. The molecule has 9 nitrogen and oxygen atoms in total. The molecule has 0 aliphatic carbocycles. The lowest BCUT2D eigenvalue weighted by Crippen LogP contribution is -2.33. The molecule has 2 heterocycles. The number of nitrogens with zero attached hydrogens (tertiary/aromatic N) is 4. The molecule has 0 unspecified atom stereocenters. The van der Waals surface area contributed by atoms with Gasteiger partial charge >= 0.3 is 17.5 Å². The van der Waals surface area contributed by atoms with Crippen molar-refractivity contribution in [2.45, 2.75) is 51.1 Å². The van der Waals surface area contributed by atoms with Crippen LogP contribution in [0.4, 0.5) is 24.7 Å². The van der Waals surface area contributed by atoms with Gasteiger partial charge in [0, 0.05) is 25.3 Å². The lowest BCUT2D eigenvalue weighted by Gasteiger charge is -2.34. The summed E-state index contributed by atoms with van der Waals surface area (Å²) in [4.78, 5) is 16.3. The van der Waals surface area contributed by atoms with Crippen molar-refractivity contribution >= 4 is 33.9 Å². The second kappa shape index (κ2) is 13.7. The second-order valence-electron chi connectivity index (χ2n) is 10.9. The zero-order valence-electron chi connectivity index (χ0n) is 23.8. The van der Waals surface area contributed by atoms with E-state index in [4.69, 9.17) is 16.3 Å². The molecule has 234 valence electrons. The van der Waals surface area contributed by atoms with E-state index in [2.05, 4.69) is 32.8 Å². The molecule has 1 fully saturated rings. The number of ether oxygens (including phenoxy) is 2. The van der Waals surface area contributed by atoms with Crippen LogP contribution < -0.4 is 14.4 Å². The van der Waals surface area contributed by atoms with E-state index < -0.39 is 17.4 Å². The van der Waals surface area contributed by atoms with Crippen molar-refractivity contribution in [1.29, 1.82) is 0 Å². The van der Waals surface area contributed by atoms with Crippen molar-refractivity contribution in [3.63, 3.8) is 0 Å². The Balaban J connectivity index is 1.07. The number of aromatic nitrogens is 2. The van der Waals surface area contributed by atoms with Crippen molar-refractivity contribution in [1.82, 2.24) is 9.55 Å². The Morgan fingerprint density at radius 1 is 1.05 bits per heavy atom. The Kier molecular flexibility index (Phi) is 9.80. The van der Waals surface area contributed by atoms with E-state index >= 15 is 0 Å². The monoisotopic (exact) mass is 632 g/mol. The number of nitro groups is 1. The van der Waals surface area contributed by atoms with E-state index in [1.165, 1.54) is 22.9 Å². The van der Waals surface area contributed by atoms with Crippen LogP contribution in [-0.2, 0) is 13.0 Å². The molecule has 0 radical (unpaired) electrons. The van der Waals surface area contributed by atoms with E-state index in [0.717, 1.165) is 60.8 Å². The van der Waals surface area contributed by atoms with Gasteiger partial charge in [-0.25, -0.2) is 0 Å². The highest BCUT2D eigenvalue weighted by molar-refractivity contribution is 6.28. The Morgan fingerprint density at radius 3 is 2.41 bits per heavy atom. The van der Waals surface area contributed by atoms with E-state index in [1.54, 1.807) is 12.1 Å². The maximum absolute atomic E-state index is 12.4. The number of piperidine rings is 1. The first-order chi connectivity index (χ1) is 21.0. The van der Waals surface area contributed by atoms with Crippen molar-refractivity contribution in [3.05, 3.63) is 87.8 Å². The number of anilines is 1. The van der Waals surface area contributed by atoms with Crippen LogP contribution in [-0.4, -0.2) is 51.7 Å². The van der Waals surface area contributed by atoms with Gasteiger partial charge in [0.25, 0.3) is 0 Å². The van der Waals surface area contributed by atoms with Crippen molar-refractivity contribution in [2.24, 2.45) is 5.92 Å². The summed E-state index contributed by atoms with van der Waals surface area (Å²) in [6.45, 7) is 2.20. The van der Waals surface area contributed by atoms with Gasteiger partial charge in [-0.1, -0.05) is 24.3 Å². The molecule has 3 aromatic carbocycles. The summed E-state index contributed by atoms with van der Waals surface area (Å²) in [5.74, 6) is 0.648. The number of aliphatic hydroxyl groups excluding tert-OH is 1. The molecule has 1 atom stereocenters. The quantitative estimate of drug-likeness (QED) is 0.130. The molecule has 0 amide bonds. The first kappa shape index (κ1) is 31.4. The normalized spacial score (nSPS) is 15.0. The SMILES string of the molecule is O=[N+]([O-])c1cn(CC[C@@H](O)COc2ccc3cc(N4CCC(CCc5ccc(OC(F)(F)F)cc5)CC4)ccc3c2)c(Cl)n1. The summed E-state index contributed by atoms with van der Waals surface area (Å²) in [5.41, 5.74) is 2.15. The highest BCUT2D eigenvalue weighted by Crippen LogP contribution is 2.31. The first-order valence-corrected chi connectivity index (χ1v) is 14.7. The van der Waals surface area contributed by atoms with Crippen LogP contribution in [0.1, 0.15) is 31.2 Å². The lowest BCUT2D eigenvalue weighted by atomic mass is 9.90. The van der Waals surface area contributed by atoms with Gasteiger partial charge in [-0.05, 0) is 112 Å². The van der Waals surface area contributed by atoms with Crippen LogP contribution in [0.15, 0.2) is 66.9 Å². The number of fused-ring (bicyclic) bond motifs is 1. The fourth-order valence-electron chi connectivity index (χ4n) is 5.40. The molecule has 44 heavy (non-hydrogen) atoms. The molecular formula is C31H32ClF3N4O5. The Bertz CT molecular complexity index is 1570. The zero-order valence-corrected chi connectivity index (χ0v) is 24.5. The third-order valence-corrected chi connectivity index (χ3v) is 8.12. The minimum Gasteiger partial charge on any atom is -0.491 e. The number of aliphatic hydroxyl groups is 1. The minimum atomic E-state index is -4.68. The number of hydrogen-bond donors (Lipinski definition) is 1. The smallest absolute Gasteiger partial charge is 0.491 e. The summed E-state index contributed by atoms with van der Waals surface area (Å²) in [6.07, 6.45) is -0.0540. The van der Waals surface area contributed by atoms with E-state index in [9.17, 15) is 28.4 Å². The molecule has 0 bridgehead atoms. The number of halogens is 4. The molecule has 1 saturated heterocycles. The fourth-order valence-corrected chi connectivity index (χ4v) is 5.61. The van der Waals surface area contributed by atoms with Gasteiger partial charge in [0.15, 0.2) is 0 Å². The summed E-state index contributed by atoms with van der Waals surface area (Å²) < 4.78 is 48.3. The van der Waals surface area contributed by atoms with Gasteiger partial charge in [-0.2, -0.15) is 0 Å². The summed E-state index contributed by atoms with van der Waals surface area (Å²) in [5, 5.41) is 23.3. The highest BCUT2D eigenvalue weighted by Gasteiger charge is 2.31. The molecule has 1 aliphatic heterocycles. The van der Waals surface area contributed by atoms with Gasteiger partial charge in [-0.3, -0.25) is 4.57 Å². The number of rotatable bonds is 12. The van der Waals surface area contributed by atoms with Crippen LogP contribution in [0.5, 0.6) is 11.5 Å². The number of alkyl halides is 3. The molecule has 0 spiro atoms. The minimum absolute atomic E-state index is 0.00578. The van der Waals surface area contributed by atoms with Crippen LogP contribution in [0.2, 0.25) is 5.28 Å². The van der Waals surface area contributed by atoms with E-state index in [0.29, 0.717) is 11.7 Å². The standard InChI is InChI=1S/C31H32ClF3N4O5/c32-30-36-29(39(41)42)19-38(30)16-13-26(40)20-43-28-10-6-23-17-25(7-5-24(23)18-28)37-14-11-22(12-15-37)2-1-21-3-8-27(9-4-21)44-31(33,34)35/h3-10,17-19,22,26,40H,1-2,11-16,20H2/t26-/m1/s1. The van der Waals surface area contributed by atoms with Crippen LogP contribution in [0.25, 0.3) is 10.8 Å². The maximum Gasteiger partial charge on any atom is 0.573 e. The number of benzene rings is 3. The Morgan fingerprint density at radius 2 is 1.73 bits per heavy atom. The third-order valence-electron chi connectivity index (χ3n) is 7.82. The summed E-state index contributed by atoms with van der Waals surface area (Å²) in [7, 11) is 0. The van der Waals surface area contributed by atoms with Crippen molar-refractivity contribution < 1.29 is 32.7 Å². The Hall–Kier alpha value is -4.03. The average molecular weight is 633 g/mol. The molecular weight excluding hydrogens is 601 g/mol. The van der Waals surface area contributed by atoms with Gasteiger partial charge in [0.2, 0.25) is 0 Å². The first-order valence-electron chi connectivity index (χ1n) is 14.3. The highest BCUT2D eigenvalue weighted by atomic mass is 35.5. The summed E-state index contributed by atoms with van der Waals surface area (Å²) >= 11 is 5.92. The molecule has 13 heteroatoms. The van der Waals surface area contributed by atoms with Crippen LogP contribution >= 0.6 is 11.6 Å². The summed E-state index contributed by atoms with van der Waals surface area (Å²) in [6, 6.07) is 18.2. The Labute approximate surface area is 256 Å². The van der Waals surface area contributed by atoms with Crippen molar-refractivity contribution in [3.8, 4) is 11.5 Å². The third kappa shape index (κ3) is 8.54. The topological polar surface area (TPSA) is 103 Å². The van der Waals surface area contributed by atoms with E-state index in [1.807, 2.05) is 18.2 Å². The second-order valence-corrected chi connectivity index (χ2v) is 11.3. The van der Waals surface area contributed by atoms with Gasteiger partial charge in [0.1, 0.15) is 24.3 Å². The molecule has 1 aromatic heterocycles. The molecule has 0 saturated carbocycles. The molecule has 4 aromatic rings. The predicted molar refractivity (Wildman–Crippen MR) is 160 cm³/mol. The van der Waals surface area contributed by atoms with E-state index in [-0.39, 0.29) is 36.4 Å². The van der Waals surface area contributed by atoms with Crippen LogP contribution in [0, 0.1) is 16.0 Å². The van der Waals surface area contributed by atoms with Crippen LogP contribution in [0.3, 0.4) is 0 Å². The van der Waals surface area contributed by atoms with Gasteiger partial charge < -0.3 is 29.6 Å². The molecule has 1 aliphatic rings. The van der Waals surface area contributed by atoms with Crippen molar-refractivity contribution in [2.75, 3.05) is 24.6 Å².